The van der Waals surface area contributed by atoms with Crippen molar-refractivity contribution in [2.45, 2.75) is 85.3 Å². The average molecular weight is 864 g/mol. The molecule has 0 fully saturated rings. The average Bonchev–Trinajstić information content (AvgIpc) is 3.20. The number of para-hydroxylation sites is 2. The molecular formula is C49H61N5O9. The smallest absolute Gasteiger partial charge is 0.323 e. The Morgan fingerprint density at radius 2 is 1.25 bits per heavy atom. The number of carbonyl (C=O) groups is 6. The van der Waals surface area contributed by atoms with Crippen LogP contribution in [0.3, 0.4) is 0 Å². The van der Waals surface area contributed by atoms with Crippen LogP contribution < -0.4 is 21.3 Å². The number of ether oxygens (including phenoxy) is 2. The minimum absolute atomic E-state index is 0.0136. The number of methoxy groups -OCH3 is 1. The number of nitrogens with one attached hydrogen (secondary N) is 4. The summed E-state index contributed by atoms with van der Waals surface area (Å²) in [7, 11) is 1.58. The largest absolute Gasteiger partial charge is 0.481 e. The second-order valence-corrected chi connectivity index (χ2v) is 15.8. The SMILES string of the molecule is C/C=C/[C@H](CC(=O)OC(C)(C)C)NC(=O)CN(CCCOC)C(=O)Cc1ccc(CC(=O)Nc2ccccc2C)cc1.Cc1ccccc1NC(=O)Nc1ccc(CC(=O)O)cc1. The number of carboxylic acids is 1. The number of rotatable bonds is 19. The molecule has 5 amide bonds. The lowest BCUT2D eigenvalue weighted by molar-refractivity contribution is -0.155. The van der Waals surface area contributed by atoms with Gasteiger partial charge < -0.3 is 40.7 Å². The van der Waals surface area contributed by atoms with Crippen molar-refractivity contribution < 1.29 is 43.3 Å². The number of carboxylic acid groups (broad SMARTS) is 1. The number of hydrogen-bond acceptors (Lipinski definition) is 8. The van der Waals surface area contributed by atoms with Crippen molar-refractivity contribution in [1.29, 1.82) is 0 Å². The van der Waals surface area contributed by atoms with E-state index in [-0.39, 0.29) is 56.0 Å². The zero-order valence-electron chi connectivity index (χ0n) is 37.3. The zero-order chi connectivity index (χ0) is 46.4. The van der Waals surface area contributed by atoms with E-state index in [4.69, 9.17) is 14.6 Å². The zero-order valence-corrected chi connectivity index (χ0v) is 37.3. The fourth-order valence-electron chi connectivity index (χ4n) is 6.11. The van der Waals surface area contributed by atoms with Crippen molar-refractivity contribution in [2.24, 2.45) is 0 Å². The Hall–Kier alpha value is -6.80. The van der Waals surface area contributed by atoms with Crippen LogP contribution in [0.5, 0.6) is 0 Å². The molecule has 336 valence electrons. The van der Waals surface area contributed by atoms with Gasteiger partial charge in [-0.15, -0.1) is 0 Å². The van der Waals surface area contributed by atoms with Gasteiger partial charge >= 0.3 is 18.0 Å². The van der Waals surface area contributed by atoms with E-state index in [0.29, 0.717) is 30.8 Å². The number of aliphatic carboxylic acids is 1. The quantitative estimate of drug-likeness (QED) is 0.0358. The van der Waals surface area contributed by atoms with Crippen LogP contribution in [0.1, 0.15) is 68.4 Å². The maximum Gasteiger partial charge on any atom is 0.323 e. The van der Waals surface area contributed by atoms with Gasteiger partial charge in [0, 0.05) is 37.3 Å². The highest BCUT2D eigenvalue weighted by molar-refractivity contribution is 6.00. The molecule has 0 bridgehead atoms. The first-order valence-electron chi connectivity index (χ1n) is 20.7. The van der Waals surface area contributed by atoms with Crippen molar-refractivity contribution in [1.82, 2.24) is 10.2 Å². The minimum atomic E-state index is -0.881. The first-order chi connectivity index (χ1) is 29.9. The number of anilines is 3. The first kappa shape index (κ1) is 50.6. The maximum atomic E-state index is 13.2. The van der Waals surface area contributed by atoms with E-state index >= 15 is 0 Å². The Morgan fingerprint density at radius 3 is 1.79 bits per heavy atom. The van der Waals surface area contributed by atoms with Gasteiger partial charge in [0.05, 0.1) is 38.3 Å². The van der Waals surface area contributed by atoms with Crippen LogP contribution in [0.25, 0.3) is 0 Å². The van der Waals surface area contributed by atoms with Crippen LogP contribution in [0.4, 0.5) is 21.9 Å². The third-order valence-electron chi connectivity index (χ3n) is 9.16. The topological polar surface area (TPSA) is 192 Å². The Morgan fingerprint density at radius 1 is 0.714 bits per heavy atom. The fourth-order valence-corrected chi connectivity index (χ4v) is 6.11. The van der Waals surface area contributed by atoms with Gasteiger partial charge in [-0.2, -0.15) is 0 Å². The summed E-state index contributed by atoms with van der Waals surface area (Å²) in [5.74, 6) is -2.00. The number of allylic oxidation sites excluding steroid dienone is 1. The van der Waals surface area contributed by atoms with Crippen LogP contribution in [-0.4, -0.2) is 84.1 Å². The number of benzene rings is 4. The van der Waals surface area contributed by atoms with Gasteiger partial charge in [0.15, 0.2) is 0 Å². The van der Waals surface area contributed by atoms with Crippen molar-refractivity contribution >= 4 is 52.8 Å². The van der Waals surface area contributed by atoms with Crippen LogP contribution in [-0.2, 0) is 52.7 Å². The van der Waals surface area contributed by atoms with E-state index in [1.54, 1.807) is 71.2 Å². The summed E-state index contributed by atoms with van der Waals surface area (Å²) >= 11 is 0. The molecule has 14 heteroatoms. The van der Waals surface area contributed by atoms with Crippen molar-refractivity contribution in [2.75, 3.05) is 42.8 Å². The summed E-state index contributed by atoms with van der Waals surface area (Å²) < 4.78 is 10.5. The number of amides is 5. The van der Waals surface area contributed by atoms with Gasteiger partial charge in [-0.3, -0.25) is 24.0 Å². The van der Waals surface area contributed by atoms with E-state index < -0.39 is 23.6 Å². The maximum absolute atomic E-state index is 13.2. The Kier molecular flexibility index (Phi) is 20.7. The molecule has 0 heterocycles. The molecule has 0 unspecified atom stereocenters. The molecule has 0 radical (unpaired) electrons. The summed E-state index contributed by atoms with van der Waals surface area (Å²) in [4.78, 5) is 74.9. The van der Waals surface area contributed by atoms with E-state index in [1.807, 2.05) is 86.6 Å². The van der Waals surface area contributed by atoms with Crippen molar-refractivity contribution in [3.05, 3.63) is 137 Å². The molecule has 0 spiro atoms. The van der Waals surface area contributed by atoms with Crippen LogP contribution in [0.15, 0.2) is 109 Å². The van der Waals surface area contributed by atoms with E-state index in [9.17, 15) is 28.8 Å². The Balaban J connectivity index is 0.000000418. The summed E-state index contributed by atoms with van der Waals surface area (Å²) in [6.45, 7) is 11.7. The van der Waals surface area contributed by atoms with Crippen LogP contribution in [0.2, 0.25) is 0 Å². The molecule has 5 N–H and O–H groups in total. The molecule has 0 saturated carbocycles. The molecule has 0 aromatic heterocycles. The normalized spacial score (nSPS) is 11.3. The van der Waals surface area contributed by atoms with Crippen molar-refractivity contribution in [3.63, 3.8) is 0 Å². The summed E-state index contributed by atoms with van der Waals surface area (Å²) in [5, 5.41) is 19.9. The highest BCUT2D eigenvalue weighted by Gasteiger charge is 2.23. The molecule has 0 aliphatic carbocycles. The first-order valence-corrected chi connectivity index (χ1v) is 20.7. The molecule has 14 nitrogen and oxygen atoms in total. The lowest BCUT2D eigenvalue weighted by Crippen LogP contribution is -2.45. The number of nitrogens with zero attached hydrogens (tertiary/aromatic N) is 1. The second-order valence-electron chi connectivity index (χ2n) is 15.8. The highest BCUT2D eigenvalue weighted by Crippen LogP contribution is 2.17. The molecule has 4 aromatic carbocycles. The molecule has 0 saturated heterocycles. The van der Waals surface area contributed by atoms with Gasteiger partial charge in [-0.25, -0.2) is 4.79 Å². The lowest BCUT2D eigenvalue weighted by atomic mass is 10.1. The van der Waals surface area contributed by atoms with Gasteiger partial charge in [-0.1, -0.05) is 84.9 Å². The van der Waals surface area contributed by atoms with Crippen LogP contribution in [0, 0.1) is 13.8 Å². The predicted molar refractivity (Wildman–Crippen MR) is 246 cm³/mol. The number of urea groups is 1. The fraction of sp³-hybridized carbons (Fsp3) is 0.347. The van der Waals surface area contributed by atoms with Crippen molar-refractivity contribution in [3.8, 4) is 0 Å². The highest BCUT2D eigenvalue weighted by atomic mass is 16.6. The molecule has 4 aromatic rings. The minimum Gasteiger partial charge on any atom is -0.481 e. The molecule has 63 heavy (non-hydrogen) atoms. The standard InChI is InChI=1S/C33H45N3O6.C16H16N2O3/c1-7-11-27(22-32(40)42-33(3,4)5)34-30(38)23-36(18-10-19-41-6)31(39)21-26-16-14-25(15-17-26)20-29(37)35-28-13-9-8-12-24(28)2;1-11-4-2-3-5-14(11)18-16(21)17-13-8-6-12(7-9-13)10-15(19)20/h7-9,11-17,27H,10,18-23H2,1-6H3,(H,34,38)(H,35,37);2-9H,10H2,1H3,(H,19,20)(H2,17,18,21)/b11-7+;/t27-;/m1./s1. The second kappa shape index (κ2) is 25.9. The monoisotopic (exact) mass is 863 g/mol. The lowest BCUT2D eigenvalue weighted by Gasteiger charge is -2.24. The van der Waals surface area contributed by atoms with E-state index in [0.717, 1.165) is 33.6 Å². The molecule has 0 aliphatic heterocycles. The Bertz CT molecular complexity index is 2160. The molecular weight excluding hydrogens is 803 g/mol. The number of aryl methyl sites for hydroxylation is 2. The van der Waals surface area contributed by atoms with Crippen LogP contribution >= 0.6 is 0 Å². The third kappa shape index (κ3) is 20.1. The van der Waals surface area contributed by atoms with E-state index in [2.05, 4.69) is 21.3 Å². The number of esters is 1. The van der Waals surface area contributed by atoms with Gasteiger partial charge in [0.2, 0.25) is 17.7 Å². The summed E-state index contributed by atoms with van der Waals surface area (Å²) in [5.41, 5.74) is 5.76. The molecule has 4 rings (SSSR count). The summed E-state index contributed by atoms with van der Waals surface area (Å²) in [6, 6.07) is 28.2. The van der Waals surface area contributed by atoms with Gasteiger partial charge in [0.1, 0.15) is 5.60 Å². The van der Waals surface area contributed by atoms with Gasteiger partial charge in [-0.05, 0) is 100 Å². The molecule has 1 atom stereocenters. The number of carbonyl (C=O) groups excluding carboxylic acids is 5. The third-order valence-corrected chi connectivity index (χ3v) is 9.16. The Labute approximate surface area is 370 Å². The molecule has 0 aliphatic rings. The predicted octanol–water partition coefficient (Wildman–Crippen LogP) is 7.64. The van der Waals surface area contributed by atoms with E-state index in [1.165, 1.54) is 4.90 Å². The summed E-state index contributed by atoms with van der Waals surface area (Å²) in [6.07, 6.45) is 4.32. The van der Waals surface area contributed by atoms with Gasteiger partial charge in [0.25, 0.3) is 0 Å². The number of hydrogen-bond donors (Lipinski definition) is 5.